The number of aromatic nitrogens is 1. The van der Waals surface area contributed by atoms with Gasteiger partial charge in [-0.1, -0.05) is 33.2 Å². The molecule has 0 saturated heterocycles. The van der Waals surface area contributed by atoms with Gasteiger partial charge in [-0.05, 0) is 24.6 Å². The van der Waals surface area contributed by atoms with Crippen LogP contribution in [-0.2, 0) is 5.41 Å². The Bertz CT molecular complexity index is 513. The van der Waals surface area contributed by atoms with Crippen LogP contribution >= 0.6 is 15.9 Å². The molecule has 0 amide bonds. The van der Waals surface area contributed by atoms with Gasteiger partial charge in [0.25, 0.3) is 0 Å². The summed E-state index contributed by atoms with van der Waals surface area (Å²) in [6.45, 7) is 1.83. The van der Waals surface area contributed by atoms with Gasteiger partial charge in [-0.15, -0.1) is 0 Å². The number of hydrogen-bond donors (Lipinski definition) is 0. The molecule has 0 saturated carbocycles. The number of nitrogens with zero attached hydrogens (tertiary/aromatic N) is 2. The van der Waals surface area contributed by atoms with Crippen molar-refractivity contribution in [1.29, 1.82) is 5.26 Å². The van der Waals surface area contributed by atoms with Gasteiger partial charge in [-0.2, -0.15) is 5.26 Å². The second-order valence-corrected chi connectivity index (χ2v) is 4.54. The van der Waals surface area contributed by atoms with Crippen molar-refractivity contribution in [3.05, 3.63) is 52.3 Å². The van der Waals surface area contributed by atoms with Crippen molar-refractivity contribution in [1.82, 2.24) is 5.16 Å². The van der Waals surface area contributed by atoms with Crippen LogP contribution in [0.5, 0.6) is 0 Å². The number of halogens is 1. The smallest absolute Gasteiger partial charge is 0.125 e. The highest BCUT2D eigenvalue weighted by Crippen LogP contribution is 2.30. The zero-order valence-electron chi connectivity index (χ0n) is 8.64. The van der Waals surface area contributed by atoms with Gasteiger partial charge in [0, 0.05) is 10.5 Å². The fourth-order valence-corrected chi connectivity index (χ4v) is 1.79. The lowest BCUT2D eigenvalue weighted by Gasteiger charge is -2.18. The minimum Gasteiger partial charge on any atom is -0.364 e. The Labute approximate surface area is 102 Å². The lowest BCUT2D eigenvalue weighted by Crippen LogP contribution is -2.21. The van der Waals surface area contributed by atoms with Crippen LogP contribution in [0.25, 0.3) is 0 Å². The van der Waals surface area contributed by atoms with Crippen LogP contribution in [0.2, 0.25) is 0 Å². The van der Waals surface area contributed by atoms with Gasteiger partial charge in [-0.25, -0.2) is 0 Å². The molecule has 80 valence electrons. The van der Waals surface area contributed by atoms with Crippen molar-refractivity contribution < 1.29 is 4.52 Å². The van der Waals surface area contributed by atoms with E-state index in [1.54, 1.807) is 6.07 Å². The van der Waals surface area contributed by atoms with E-state index < -0.39 is 5.41 Å². The molecule has 2 aromatic rings. The van der Waals surface area contributed by atoms with E-state index in [4.69, 9.17) is 4.52 Å². The molecule has 3 nitrogen and oxygen atoms in total. The molecule has 0 spiro atoms. The zero-order chi connectivity index (χ0) is 11.6. The van der Waals surface area contributed by atoms with Gasteiger partial charge >= 0.3 is 0 Å². The maximum Gasteiger partial charge on any atom is 0.125 e. The summed E-state index contributed by atoms with van der Waals surface area (Å²) in [4.78, 5) is 0. The van der Waals surface area contributed by atoms with Gasteiger partial charge in [0.1, 0.15) is 17.4 Å². The number of nitriles is 1. The largest absolute Gasteiger partial charge is 0.364 e. The minimum atomic E-state index is -0.770. The van der Waals surface area contributed by atoms with Crippen molar-refractivity contribution in [2.24, 2.45) is 0 Å². The Kier molecular flexibility index (Phi) is 2.80. The Morgan fingerprint density at radius 3 is 2.50 bits per heavy atom. The maximum atomic E-state index is 9.34. The van der Waals surface area contributed by atoms with Crippen molar-refractivity contribution in [2.45, 2.75) is 12.3 Å². The minimum absolute atomic E-state index is 0.623. The van der Waals surface area contributed by atoms with E-state index in [0.29, 0.717) is 5.69 Å². The van der Waals surface area contributed by atoms with Gasteiger partial charge < -0.3 is 4.52 Å². The number of benzene rings is 1. The van der Waals surface area contributed by atoms with Crippen molar-refractivity contribution in [2.75, 3.05) is 0 Å². The van der Waals surface area contributed by atoms with Crippen LogP contribution in [0.15, 0.2) is 45.6 Å². The molecule has 0 aliphatic rings. The lowest BCUT2D eigenvalue weighted by atomic mass is 9.81. The molecule has 0 aliphatic carbocycles. The van der Waals surface area contributed by atoms with E-state index >= 15 is 0 Å². The first kappa shape index (κ1) is 10.9. The summed E-state index contributed by atoms with van der Waals surface area (Å²) in [6, 6.07) is 11.6. The monoisotopic (exact) mass is 276 g/mol. The first-order valence-corrected chi connectivity index (χ1v) is 5.54. The number of rotatable bonds is 2. The fourth-order valence-electron chi connectivity index (χ4n) is 1.52. The van der Waals surface area contributed by atoms with Crippen LogP contribution < -0.4 is 0 Å². The van der Waals surface area contributed by atoms with Crippen LogP contribution in [0.1, 0.15) is 18.2 Å². The maximum absolute atomic E-state index is 9.34. The Morgan fingerprint density at radius 2 is 2.00 bits per heavy atom. The molecule has 1 unspecified atom stereocenters. The van der Waals surface area contributed by atoms with E-state index in [1.165, 1.54) is 6.26 Å². The normalized spacial score (nSPS) is 14.1. The molecule has 1 aromatic carbocycles. The van der Waals surface area contributed by atoms with E-state index in [1.807, 2.05) is 31.2 Å². The van der Waals surface area contributed by atoms with Crippen LogP contribution in [0.3, 0.4) is 0 Å². The molecule has 0 fully saturated rings. The first-order chi connectivity index (χ1) is 7.66. The van der Waals surface area contributed by atoms with E-state index in [-0.39, 0.29) is 0 Å². The molecule has 1 atom stereocenters. The SMILES string of the molecule is CC(C#N)(c1ccc(Br)cc1)c1ccon1. The third-order valence-corrected chi connectivity index (χ3v) is 3.12. The molecule has 1 heterocycles. The Hall–Kier alpha value is -1.60. The average molecular weight is 277 g/mol. The van der Waals surface area contributed by atoms with Gasteiger partial charge in [-0.3, -0.25) is 0 Å². The topological polar surface area (TPSA) is 49.8 Å². The third-order valence-electron chi connectivity index (χ3n) is 2.60. The van der Waals surface area contributed by atoms with Crippen LogP contribution in [0.4, 0.5) is 0 Å². The zero-order valence-corrected chi connectivity index (χ0v) is 10.2. The molecule has 0 bridgehead atoms. The molecule has 0 N–H and O–H groups in total. The third kappa shape index (κ3) is 1.74. The predicted molar refractivity (Wildman–Crippen MR) is 62.7 cm³/mol. The van der Waals surface area contributed by atoms with Crippen molar-refractivity contribution in [3.8, 4) is 6.07 Å². The van der Waals surface area contributed by atoms with Gasteiger partial charge in [0.2, 0.25) is 0 Å². The van der Waals surface area contributed by atoms with Crippen LogP contribution in [-0.4, -0.2) is 5.16 Å². The van der Waals surface area contributed by atoms with Gasteiger partial charge in [0.15, 0.2) is 0 Å². The van der Waals surface area contributed by atoms with Crippen LogP contribution in [0, 0.1) is 11.3 Å². The molecule has 0 aliphatic heterocycles. The van der Waals surface area contributed by atoms with Crippen molar-refractivity contribution in [3.63, 3.8) is 0 Å². The summed E-state index contributed by atoms with van der Waals surface area (Å²) in [6.07, 6.45) is 1.48. The summed E-state index contributed by atoms with van der Waals surface area (Å²) in [5, 5.41) is 13.2. The highest BCUT2D eigenvalue weighted by molar-refractivity contribution is 9.10. The molecular formula is C12H9BrN2O. The highest BCUT2D eigenvalue weighted by Gasteiger charge is 2.31. The standard InChI is InChI=1S/C12H9BrN2O/c1-12(8-14,11-6-7-16-15-11)9-2-4-10(13)5-3-9/h2-7H,1H3. The second kappa shape index (κ2) is 4.11. The Balaban J connectivity index is 2.51. The molecule has 2 rings (SSSR count). The van der Waals surface area contributed by atoms with E-state index in [0.717, 1.165) is 10.0 Å². The molecule has 0 radical (unpaired) electrons. The highest BCUT2D eigenvalue weighted by atomic mass is 79.9. The first-order valence-electron chi connectivity index (χ1n) is 4.75. The summed E-state index contributed by atoms with van der Waals surface area (Å²) >= 11 is 3.37. The summed E-state index contributed by atoms with van der Waals surface area (Å²) in [5.41, 5.74) is 0.748. The predicted octanol–water partition coefficient (Wildman–Crippen LogP) is 3.27. The summed E-state index contributed by atoms with van der Waals surface area (Å²) in [7, 11) is 0. The number of hydrogen-bond acceptors (Lipinski definition) is 3. The Morgan fingerprint density at radius 1 is 1.31 bits per heavy atom. The molecule has 4 heteroatoms. The van der Waals surface area contributed by atoms with E-state index in [2.05, 4.69) is 27.2 Å². The van der Waals surface area contributed by atoms with E-state index in [9.17, 15) is 5.26 Å². The fraction of sp³-hybridized carbons (Fsp3) is 0.167. The lowest BCUT2D eigenvalue weighted by molar-refractivity contribution is 0.404. The summed E-state index contributed by atoms with van der Waals surface area (Å²) < 4.78 is 5.78. The van der Waals surface area contributed by atoms with Gasteiger partial charge in [0.05, 0.1) is 6.07 Å². The molecule has 1 aromatic heterocycles. The molecule has 16 heavy (non-hydrogen) atoms. The average Bonchev–Trinajstić information content (AvgIpc) is 2.83. The quantitative estimate of drug-likeness (QED) is 0.846. The second-order valence-electron chi connectivity index (χ2n) is 3.63. The summed E-state index contributed by atoms with van der Waals surface area (Å²) in [5.74, 6) is 0. The van der Waals surface area contributed by atoms with Crippen molar-refractivity contribution >= 4 is 15.9 Å². The molecular weight excluding hydrogens is 268 g/mol.